The van der Waals surface area contributed by atoms with Crippen molar-refractivity contribution >= 4 is 51.7 Å². The summed E-state index contributed by atoms with van der Waals surface area (Å²) < 4.78 is 3.71. The smallest absolute Gasteiger partial charge is 0.274 e. The van der Waals surface area contributed by atoms with Crippen molar-refractivity contribution < 1.29 is 19.2 Å². The number of hydrogen-bond acceptors (Lipinski definition) is 10. The second-order valence-corrected chi connectivity index (χ2v) is 16.0. The van der Waals surface area contributed by atoms with Crippen LogP contribution in [-0.4, -0.2) is 111 Å². The van der Waals surface area contributed by atoms with Gasteiger partial charge in [-0.3, -0.25) is 39.0 Å². The first kappa shape index (κ1) is 37.5. The van der Waals surface area contributed by atoms with Crippen LogP contribution in [0.2, 0.25) is 0 Å². The summed E-state index contributed by atoms with van der Waals surface area (Å²) in [4.78, 5) is 61.8. The molecule has 3 aromatic heterocycles. The Bertz CT molecular complexity index is 2340. The molecule has 58 heavy (non-hydrogen) atoms. The van der Waals surface area contributed by atoms with Gasteiger partial charge in [0.2, 0.25) is 11.8 Å². The highest BCUT2D eigenvalue weighted by atomic mass is 16.2. The van der Waals surface area contributed by atoms with E-state index in [9.17, 15) is 19.2 Å². The molecule has 15 heteroatoms. The fourth-order valence-corrected chi connectivity index (χ4v) is 8.81. The Balaban J connectivity index is 0.730. The maximum absolute atomic E-state index is 13.2. The third-order valence-electron chi connectivity index (χ3n) is 12.1. The van der Waals surface area contributed by atoms with Crippen molar-refractivity contribution in [3.05, 3.63) is 102 Å². The van der Waals surface area contributed by atoms with E-state index in [1.807, 2.05) is 52.7 Å². The number of hydrogen-bond donors (Lipinski definition) is 4. The lowest BCUT2D eigenvalue weighted by Gasteiger charge is -2.43. The van der Waals surface area contributed by atoms with Crippen molar-refractivity contribution in [3.8, 4) is 0 Å². The maximum Gasteiger partial charge on any atom is 0.274 e. The third-order valence-corrected chi connectivity index (χ3v) is 12.1. The van der Waals surface area contributed by atoms with Gasteiger partial charge in [-0.25, -0.2) is 4.98 Å². The molecule has 0 aliphatic carbocycles. The van der Waals surface area contributed by atoms with Crippen LogP contribution in [0.1, 0.15) is 70.8 Å². The van der Waals surface area contributed by atoms with Gasteiger partial charge < -0.3 is 25.4 Å². The van der Waals surface area contributed by atoms with Crippen molar-refractivity contribution in [1.29, 1.82) is 0 Å². The lowest BCUT2D eigenvalue weighted by molar-refractivity contribution is -0.133. The molecule has 5 aromatic rings. The number of benzene rings is 2. The molecule has 15 nitrogen and oxygen atoms in total. The summed E-state index contributed by atoms with van der Waals surface area (Å²) in [5.41, 5.74) is 6.53. The number of nitrogens with zero attached hydrogens (tertiary/aromatic N) is 7. The molecule has 0 bridgehead atoms. The number of imide groups is 1. The topological polar surface area (TPSA) is 162 Å². The van der Waals surface area contributed by atoms with Gasteiger partial charge in [-0.2, -0.15) is 5.10 Å². The molecular formula is C43H49N11O4. The number of nitrogens with one attached hydrogen (secondary N) is 4. The molecule has 2 aromatic carbocycles. The molecule has 1 unspecified atom stereocenters. The van der Waals surface area contributed by atoms with Gasteiger partial charge in [0.1, 0.15) is 23.1 Å². The van der Waals surface area contributed by atoms with Crippen LogP contribution >= 0.6 is 0 Å². The van der Waals surface area contributed by atoms with E-state index in [-0.39, 0.29) is 41.4 Å². The minimum atomic E-state index is -0.389. The Kier molecular flexibility index (Phi) is 10.4. The first-order valence-corrected chi connectivity index (χ1v) is 20.4. The van der Waals surface area contributed by atoms with Gasteiger partial charge in [-0.1, -0.05) is 30.3 Å². The summed E-state index contributed by atoms with van der Waals surface area (Å²) in [7, 11) is 0. The number of para-hydroxylation sites is 1. The van der Waals surface area contributed by atoms with Gasteiger partial charge in [0.15, 0.2) is 0 Å². The standard InChI is InChI=1S/C43H49N11O4/c1-28-23-44-43(58)38-22-30-8-11-37(48-40(30)54(28)38)41(56)46-32-24-45-53(27-32)25-29-6-9-33(10-7-29)51-16-14-34(15-17-51)52-20-18-50(19-21-52)26-31-4-2-3-5-35(31)47-36-12-13-39(55)49-42(36)57/h2-11,22,24,27-28,34,36,47H,12-21,23,25-26H2,1H3,(H,44,58)(H,46,56)(H,49,55,57)/t28-,36?/m1/s1. The van der Waals surface area contributed by atoms with Crippen molar-refractivity contribution in [2.24, 2.45) is 0 Å². The molecule has 300 valence electrons. The van der Waals surface area contributed by atoms with Crippen LogP contribution in [0.4, 0.5) is 17.1 Å². The summed E-state index contributed by atoms with van der Waals surface area (Å²) in [5, 5.41) is 17.0. The first-order chi connectivity index (χ1) is 28.2. The molecule has 4 aliphatic heterocycles. The molecule has 3 fully saturated rings. The van der Waals surface area contributed by atoms with Crippen LogP contribution in [-0.2, 0) is 22.7 Å². The summed E-state index contributed by atoms with van der Waals surface area (Å²) in [6, 6.07) is 22.4. The lowest BCUT2D eigenvalue weighted by Crippen LogP contribution is -2.53. The van der Waals surface area contributed by atoms with Crippen LogP contribution in [0, 0.1) is 0 Å². The van der Waals surface area contributed by atoms with E-state index >= 15 is 0 Å². The molecule has 4 amide bonds. The van der Waals surface area contributed by atoms with Crippen LogP contribution in [0.5, 0.6) is 0 Å². The number of amides is 4. The Morgan fingerprint density at radius 1 is 0.897 bits per heavy atom. The van der Waals surface area contributed by atoms with Crippen molar-refractivity contribution in [2.45, 2.75) is 63.8 Å². The zero-order valence-corrected chi connectivity index (χ0v) is 32.7. The predicted molar refractivity (Wildman–Crippen MR) is 221 cm³/mol. The monoisotopic (exact) mass is 783 g/mol. The molecule has 0 spiro atoms. The Morgan fingerprint density at radius 3 is 2.48 bits per heavy atom. The largest absolute Gasteiger partial charge is 0.373 e. The molecule has 9 rings (SSSR count). The minimum absolute atomic E-state index is 0.0384. The van der Waals surface area contributed by atoms with Crippen molar-refractivity contribution in [2.75, 3.05) is 61.3 Å². The molecule has 3 saturated heterocycles. The van der Waals surface area contributed by atoms with Crippen LogP contribution in [0.3, 0.4) is 0 Å². The average molecular weight is 784 g/mol. The third kappa shape index (κ3) is 7.91. The van der Waals surface area contributed by atoms with Gasteiger partial charge in [0.05, 0.1) is 24.5 Å². The number of pyridine rings is 1. The van der Waals surface area contributed by atoms with Crippen molar-refractivity contribution in [1.82, 2.24) is 39.8 Å². The highest BCUT2D eigenvalue weighted by Gasteiger charge is 2.30. The summed E-state index contributed by atoms with van der Waals surface area (Å²) >= 11 is 0. The number of anilines is 3. The number of piperidine rings is 2. The molecular weight excluding hydrogens is 735 g/mol. The Hall–Kier alpha value is -6.06. The highest BCUT2D eigenvalue weighted by molar-refractivity contribution is 6.05. The SMILES string of the molecule is C[C@@H]1CNC(=O)c2cc3ccc(C(=O)Nc4cnn(Cc5ccc(N6CCC(N7CCN(Cc8ccccc8NC8CCC(=O)NC8=O)CC7)CC6)cc5)c4)nc3n21. The van der Waals surface area contributed by atoms with Gasteiger partial charge in [-0.15, -0.1) is 0 Å². The summed E-state index contributed by atoms with van der Waals surface area (Å²) in [6.07, 6.45) is 6.60. The number of carbonyl (C=O) groups excluding carboxylic acids is 4. The predicted octanol–water partition coefficient (Wildman–Crippen LogP) is 3.84. The van der Waals surface area contributed by atoms with Crippen LogP contribution in [0.15, 0.2) is 79.1 Å². The lowest BCUT2D eigenvalue weighted by atomic mass is 10.0. The molecule has 4 aliphatic rings. The highest BCUT2D eigenvalue weighted by Crippen LogP contribution is 2.28. The van der Waals surface area contributed by atoms with E-state index in [0.29, 0.717) is 49.0 Å². The first-order valence-electron chi connectivity index (χ1n) is 20.4. The minimum Gasteiger partial charge on any atom is -0.373 e. The average Bonchev–Trinajstić information content (AvgIpc) is 3.86. The zero-order chi connectivity index (χ0) is 39.8. The molecule has 0 radical (unpaired) electrons. The van der Waals surface area contributed by atoms with Gasteiger partial charge >= 0.3 is 0 Å². The Labute approximate surface area is 336 Å². The number of piperazine rings is 1. The van der Waals surface area contributed by atoms with Crippen LogP contribution < -0.4 is 26.2 Å². The van der Waals surface area contributed by atoms with E-state index in [1.165, 1.54) is 11.3 Å². The molecule has 2 atom stereocenters. The maximum atomic E-state index is 13.2. The van der Waals surface area contributed by atoms with Gasteiger partial charge in [0.25, 0.3) is 11.8 Å². The van der Waals surface area contributed by atoms with E-state index in [0.717, 1.165) is 75.3 Å². The molecule has 7 heterocycles. The number of rotatable bonds is 10. The van der Waals surface area contributed by atoms with E-state index in [1.54, 1.807) is 12.3 Å². The number of aromatic nitrogens is 4. The number of fused-ring (bicyclic) bond motifs is 3. The molecule has 0 saturated carbocycles. The Morgan fingerprint density at radius 2 is 1.69 bits per heavy atom. The van der Waals surface area contributed by atoms with Gasteiger partial charge in [-0.05, 0) is 73.7 Å². The normalized spacial score (nSPS) is 20.8. The summed E-state index contributed by atoms with van der Waals surface area (Å²) in [5.74, 6) is -0.915. The summed E-state index contributed by atoms with van der Waals surface area (Å²) in [6.45, 7) is 10.1. The second-order valence-electron chi connectivity index (χ2n) is 16.0. The van der Waals surface area contributed by atoms with E-state index in [2.05, 4.69) is 76.4 Å². The van der Waals surface area contributed by atoms with E-state index in [4.69, 9.17) is 0 Å². The van der Waals surface area contributed by atoms with Crippen LogP contribution in [0.25, 0.3) is 11.0 Å². The fourth-order valence-electron chi connectivity index (χ4n) is 8.81. The number of carbonyl (C=O) groups is 4. The fraction of sp³-hybridized carbons (Fsp3) is 0.395. The van der Waals surface area contributed by atoms with Crippen molar-refractivity contribution in [3.63, 3.8) is 0 Å². The zero-order valence-electron chi connectivity index (χ0n) is 32.7. The second kappa shape index (κ2) is 16.1. The van der Waals surface area contributed by atoms with E-state index < -0.39 is 0 Å². The molecule has 4 N–H and O–H groups in total. The quantitative estimate of drug-likeness (QED) is 0.153. The van der Waals surface area contributed by atoms with Gasteiger partial charge in [0, 0.05) is 87.8 Å².